The molecule has 0 spiro atoms. The molecule has 0 aliphatic heterocycles. The van der Waals surface area contributed by atoms with Crippen LogP contribution < -0.4 is 0 Å². The van der Waals surface area contributed by atoms with Crippen LogP contribution in [-0.2, 0) is 0 Å². The summed E-state index contributed by atoms with van der Waals surface area (Å²) in [5.41, 5.74) is 1.59. The van der Waals surface area contributed by atoms with Crippen LogP contribution in [0.1, 0.15) is 0 Å². The van der Waals surface area contributed by atoms with Gasteiger partial charge in [-0.05, 0) is 18.2 Å². The molecule has 70 valence electrons. The van der Waals surface area contributed by atoms with Gasteiger partial charge in [0.05, 0.1) is 10.7 Å². The van der Waals surface area contributed by atoms with Crippen molar-refractivity contribution >= 4 is 23.2 Å². The van der Waals surface area contributed by atoms with E-state index in [-0.39, 0.29) is 5.15 Å². The highest BCUT2D eigenvalue weighted by atomic mass is 35.5. The molecule has 2 heterocycles. The molecule has 0 aromatic carbocycles. The van der Waals surface area contributed by atoms with Crippen LogP contribution >= 0.6 is 23.2 Å². The summed E-state index contributed by atoms with van der Waals surface area (Å²) in [5.74, 6) is 0. The standard InChI is InChI=1S/C9H5Cl2N3/c10-7-5-8(13-14-9(7)11)6-1-3-12-4-2-6/h1-5H. The highest BCUT2D eigenvalue weighted by Gasteiger charge is 2.04. The summed E-state index contributed by atoms with van der Waals surface area (Å²) in [6, 6.07) is 5.33. The third kappa shape index (κ3) is 1.84. The van der Waals surface area contributed by atoms with Gasteiger partial charge >= 0.3 is 0 Å². The van der Waals surface area contributed by atoms with E-state index >= 15 is 0 Å². The monoisotopic (exact) mass is 225 g/mol. The van der Waals surface area contributed by atoms with Gasteiger partial charge in [0.1, 0.15) is 0 Å². The van der Waals surface area contributed by atoms with Gasteiger partial charge in [-0.25, -0.2) is 0 Å². The van der Waals surface area contributed by atoms with Crippen molar-refractivity contribution in [3.8, 4) is 11.3 Å². The van der Waals surface area contributed by atoms with Crippen LogP contribution in [0.3, 0.4) is 0 Å². The Labute approximate surface area is 90.7 Å². The molecule has 5 heteroatoms. The van der Waals surface area contributed by atoms with E-state index in [1.165, 1.54) is 0 Å². The Morgan fingerprint density at radius 2 is 1.71 bits per heavy atom. The number of hydrogen-bond acceptors (Lipinski definition) is 3. The van der Waals surface area contributed by atoms with Crippen molar-refractivity contribution in [2.24, 2.45) is 0 Å². The summed E-state index contributed by atoms with van der Waals surface area (Å²) < 4.78 is 0. The zero-order valence-corrected chi connectivity index (χ0v) is 8.50. The lowest BCUT2D eigenvalue weighted by Crippen LogP contribution is -1.88. The topological polar surface area (TPSA) is 38.7 Å². The van der Waals surface area contributed by atoms with Gasteiger partial charge in [-0.2, -0.15) is 0 Å². The van der Waals surface area contributed by atoms with Crippen molar-refractivity contribution in [2.75, 3.05) is 0 Å². The maximum Gasteiger partial charge on any atom is 0.170 e. The Balaban J connectivity index is 2.48. The predicted octanol–water partition coefficient (Wildman–Crippen LogP) is 2.85. The first-order valence-corrected chi connectivity index (χ1v) is 4.62. The van der Waals surface area contributed by atoms with E-state index in [0.29, 0.717) is 10.7 Å². The Hall–Kier alpha value is -1.19. The van der Waals surface area contributed by atoms with Gasteiger partial charge in [-0.1, -0.05) is 23.2 Å². The molecule has 3 nitrogen and oxygen atoms in total. The number of halogens is 2. The molecule has 0 bridgehead atoms. The second-order valence-electron chi connectivity index (χ2n) is 2.60. The highest BCUT2D eigenvalue weighted by Crippen LogP contribution is 2.23. The minimum atomic E-state index is 0.212. The lowest BCUT2D eigenvalue weighted by atomic mass is 10.2. The number of aromatic nitrogens is 3. The molecule has 0 saturated carbocycles. The van der Waals surface area contributed by atoms with E-state index < -0.39 is 0 Å². The summed E-state index contributed by atoms with van der Waals surface area (Å²) in [5, 5.41) is 8.24. The van der Waals surface area contributed by atoms with E-state index in [1.807, 2.05) is 12.1 Å². The lowest BCUT2D eigenvalue weighted by molar-refractivity contribution is 1.04. The molecule has 2 aromatic rings. The highest BCUT2D eigenvalue weighted by molar-refractivity contribution is 6.41. The van der Waals surface area contributed by atoms with Gasteiger partial charge in [0.15, 0.2) is 5.15 Å². The van der Waals surface area contributed by atoms with E-state index in [9.17, 15) is 0 Å². The van der Waals surface area contributed by atoms with Crippen LogP contribution in [0.15, 0.2) is 30.6 Å². The molecule has 0 saturated heterocycles. The average Bonchev–Trinajstić information content (AvgIpc) is 2.23. The first-order valence-electron chi connectivity index (χ1n) is 3.86. The van der Waals surface area contributed by atoms with Gasteiger partial charge in [0.25, 0.3) is 0 Å². The molecule has 0 radical (unpaired) electrons. The Morgan fingerprint density at radius 1 is 1.00 bits per heavy atom. The lowest BCUT2D eigenvalue weighted by Gasteiger charge is -1.99. The van der Waals surface area contributed by atoms with Crippen LogP contribution in [0.2, 0.25) is 10.2 Å². The smallest absolute Gasteiger partial charge is 0.170 e. The molecule has 0 aliphatic rings. The summed E-state index contributed by atoms with van der Waals surface area (Å²) in [6.45, 7) is 0. The van der Waals surface area contributed by atoms with Crippen LogP contribution in [0, 0.1) is 0 Å². The van der Waals surface area contributed by atoms with Crippen LogP contribution in [-0.4, -0.2) is 15.2 Å². The molecule has 0 amide bonds. The summed E-state index contributed by atoms with van der Waals surface area (Å²) in [4.78, 5) is 3.90. The van der Waals surface area contributed by atoms with Gasteiger partial charge in [0.2, 0.25) is 0 Å². The maximum absolute atomic E-state index is 5.81. The fourth-order valence-electron chi connectivity index (χ4n) is 1.02. The minimum Gasteiger partial charge on any atom is -0.265 e. The number of nitrogens with zero attached hydrogens (tertiary/aromatic N) is 3. The van der Waals surface area contributed by atoms with E-state index in [2.05, 4.69) is 15.2 Å². The largest absolute Gasteiger partial charge is 0.265 e. The zero-order chi connectivity index (χ0) is 9.97. The van der Waals surface area contributed by atoms with Crippen molar-refractivity contribution in [3.05, 3.63) is 40.8 Å². The van der Waals surface area contributed by atoms with Crippen molar-refractivity contribution in [1.82, 2.24) is 15.2 Å². The second-order valence-corrected chi connectivity index (χ2v) is 3.37. The Bertz CT molecular complexity index is 445. The summed E-state index contributed by atoms with van der Waals surface area (Å²) in [6.07, 6.45) is 3.36. The number of hydrogen-bond donors (Lipinski definition) is 0. The summed E-state index contributed by atoms with van der Waals surface area (Å²) >= 11 is 11.5. The van der Waals surface area contributed by atoms with Gasteiger partial charge in [-0.3, -0.25) is 4.98 Å². The number of pyridine rings is 1. The van der Waals surface area contributed by atoms with Gasteiger partial charge < -0.3 is 0 Å². The SMILES string of the molecule is Clc1cc(-c2ccncc2)nnc1Cl. The first-order chi connectivity index (χ1) is 6.77. The average molecular weight is 226 g/mol. The molecule has 14 heavy (non-hydrogen) atoms. The number of rotatable bonds is 1. The van der Waals surface area contributed by atoms with Crippen LogP contribution in [0.4, 0.5) is 0 Å². The molecule has 0 atom stereocenters. The normalized spacial score (nSPS) is 10.1. The van der Waals surface area contributed by atoms with Crippen molar-refractivity contribution in [1.29, 1.82) is 0 Å². The third-order valence-electron chi connectivity index (χ3n) is 1.68. The van der Waals surface area contributed by atoms with E-state index in [0.717, 1.165) is 5.56 Å². The fraction of sp³-hybridized carbons (Fsp3) is 0. The van der Waals surface area contributed by atoms with Crippen molar-refractivity contribution in [2.45, 2.75) is 0 Å². The minimum absolute atomic E-state index is 0.212. The van der Waals surface area contributed by atoms with Crippen LogP contribution in [0.25, 0.3) is 11.3 Å². The fourth-order valence-corrected chi connectivity index (χ4v) is 1.25. The molecule has 0 fully saturated rings. The van der Waals surface area contributed by atoms with Gasteiger partial charge in [-0.15, -0.1) is 10.2 Å². The quantitative estimate of drug-likeness (QED) is 0.750. The van der Waals surface area contributed by atoms with E-state index in [4.69, 9.17) is 23.2 Å². The van der Waals surface area contributed by atoms with Crippen molar-refractivity contribution < 1.29 is 0 Å². The zero-order valence-electron chi connectivity index (χ0n) is 6.98. The molecule has 0 unspecified atom stereocenters. The van der Waals surface area contributed by atoms with Crippen molar-refractivity contribution in [3.63, 3.8) is 0 Å². The molecule has 0 N–H and O–H groups in total. The molecular weight excluding hydrogens is 221 g/mol. The maximum atomic E-state index is 5.81. The third-order valence-corrected chi connectivity index (χ3v) is 2.35. The van der Waals surface area contributed by atoms with Crippen LogP contribution in [0.5, 0.6) is 0 Å². The molecule has 0 aliphatic carbocycles. The Kier molecular flexibility index (Phi) is 2.61. The Morgan fingerprint density at radius 3 is 2.36 bits per heavy atom. The first kappa shape index (κ1) is 9.37. The molecule has 2 aromatic heterocycles. The van der Waals surface area contributed by atoms with Gasteiger partial charge in [0, 0.05) is 18.0 Å². The molecule has 2 rings (SSSR count). The predicted molar refractivity (Wildman–Crippen MR) is 55.3 cm³/mol. The molecular formula is C9H5Cl2N3. The summed E-state index contributed by atoms with van der Waals surface area (Å²) in [7, 11) is 0. The second kappa shape index (κ2) is 3.90. The van der Waals surface area contributed by atoms with E-state index in [1.54, 1.807) is 18.5 Å².